The van der Waals surface area contributed by atoms with Gasteiger partial charge in [0.05, 0.1) is 16.2 Å². The quantitative estimate of drug-likeness (QED) is 0.0628. The Labute approximate surface area is 333 Å². The van der Waals surface area contributed by atoms with E-state index in [0.717, 1.165) is 75.4 Å². The lowest BCUT2D eigenvalue weighted by Crippen LogP contribution is -2.46. The zero-order chi connectivity index (χ0) is 38.6. The van der Waals surface area contributed by atoms with Crippen molar-refractivity contribution in [3.8, 4) is 22.4 Å². The summed E-state index contributed by atoms with van der Waals surface area (Å²) >= 11 is 8.86. The number of aromatic carboxylic acids is 1. The van der Waals surface area contributed by atoms with E-state index in [4.69, 9.17) is 11.6 Å². The number of nitrogens with zero attached hydrogens (tertiary/aromatic N) is 4. The van der Waals surface area contributed by atoms with Crippen LogP contribution in [-0.4, -0.2) is 46.7 Å². The third-order valence-corrected chi connectivity index (χ3v) is 11.6. The molecule has 6 aromatic rings. The van der Waals surface area contributed by atoms with Gasteiger partial charge in [-0.25, -0.2) is 4.79 Å². The summed E-state index contributed by atoms with van der Waals surface area (Å²) in [5, 5.41) is 22.8. The summed E-state index contributed by atoms with van der Waals surface area (Å²) in [6.45, 7) is 7.14. The maximum atomic E-state index is 12.7. The fraction of sp³-hybridized carbons (Fsp3) is 0.167. The van der Waals surface area contributed by atoms with E-state index in [2.05, 4.69) is 56.5 Å². The van der Waals surface area contributed by atoms with Gasteiger partial charge in [0.1, 0.15) is 5.69 Å². The van der Waals surface area contributed by atoms with Gasteiger partial charge in [-0.05, 0) is 127 Å². The number of carboxylic acids is 1. The number of nitrogens with one attached hydrogen (secondary N) is 2. The Morgan fingerprint density at radius 2 is 1.42 bits per heavy atom. The molecule has 280 valence electrons. The van der Waals surface area contributed by atoms with E-state index in [1.165, 1.54) is 23.9 Å². The van der Waals surface area contributed by atoms with Gasteiger partial charge in [-0.1, -0.05) is 48.0 Å². The summed E-state index contributed by atoms with van der Waals surface area (Å²) < 4.78 is 8.38. The molecule has 1 fully saturated rings. The number of anilines is 4. The van der Waals surface area contributed by atoms with Gasteiger partial charge < -0.3 is 28.9 Å². The van der Waals surface area contributed by atoms with E-state index in [0.29, 0.717) is 27.5 Å². The Bertz CT molecular complexity index is 2350. The summed E-state index contributed by atoms with van der Waals surface area (Å²) in [6.07, 6.45) is 0. The number of benzene rings is 5. The molecule has 0 atom stereocenters. The maximum absolute atomic E-state index is 12.7. The summed E-state index contributed by atoms with van der Waals surface area (Å²) in [5.41, 5.74) is 8.87. The molecule has 0 unspecified atom stereocenters. The van der Waals surface area contributed by atoms with Crippen molar-refractivity contribution in [2.45, 2.75) is 23.6 Å². The lowest BCUT2D eigenvalue weighted by Gasteiger charge is -2.37. The fourth-order valence-electron chi connectivity index (χ4n) is 6.88. The van der Waals surface area contributed by atoms with Crippen molar-refractivity contribution in [2.75, 3.05) is 45.4 Å². The Morgan fingerprint density at radius 1 is 0.764 bits per heavy atom. The van der Waals surface area contributed by atoms with Crippen molar-refractivity contribution in [3.63, 3.8) is 0 Å². The minimum absolute atomic E-state index is 0.00877. The molecule has 13 heteroatoms. The molecule has 1 aliphatic rings. The molecule has 1 aliphatic heterocycles. The largest absolute Gasteiger partial charge is 0.478 e. The summed E-state index contributed by atoms with van der Waals surface area (Å²) in [6, 6.07) is 36.9. The van der Waals surface area contributed by atoms with Crippen LogP contribution in [-0.2, 0) is 7.05 Å². The van der Waals surface area contributed by atoms with Gasteiger partial charge in [0.2, 0.25) is 0 Å². The first-order chi connectivity index (χ1) is 26.5. The van der Waals surface area contributed by atoms with Gasteiger partial charge in [0, 0.05) is 82.4 Å². The van der Waals surface area contributed by atoms with Crippen LogP contribution in [0.3, 0.4) is 0 Å². The number of aromatic nitrogens is 1. The number of hydrogen-bond donors (Lipinski definition) is 3. The van der Waals surface area contributed by atoms with Crippen molar-refractivity contribution in [1.29, 1.82) is 0 Å². The van der Waals surface area contributed by atoms with Crippen molar-refractivity contribution < 1.29 is 14.8 Å². The van der Waals surface area contributed by atoms with Crippen LogP contribution in [0.1, 0.15) is 21.6 Å². The average molecular weight is 791 g/mol. The molecule has 0 amide bonds. The normalized spacial score (nSPS) is 12.8. The average Bonchev–Trinajstić information content (AvgIpc) is 3.46. The minimum Gasteiger partial charge on any atom is -0.478 e. The number of piperazine rings is 1. The van der Waals surface area contributed by atoms with E-state index in [1.54, 1.807) is 12.1 Å². The topological polar surface area (TPSA) is 116 Å². The number of halogens is 1. The number of nitro benzene ring substituents is 1. The van der Waals surface area contributed by atoms with Crippen LogP contribution in [0.5, 0.6) is 0 Å². The zero-order valence-electron chi connectivity index (χ0n) is 30.5. The molecule has 7 rings (SSSR count). The Hall–Kier alpha value is -5.56. The highest BCUT2D eigenvalue weighted by molar-refractivity contribution is 8.00. The second kappa shape index (κ2) is 16.4. The highest BCUT2D eigenvalue weighted by Crippen LogP contribution is 2.41. The third kappa shape index (κ3) is 8.41. The highest BCUT2D eigenvalue weighted by atomic mass is 35.5. The smallest absolute Gasteiger partial charge is 0.338 e. The van der Waals surface area contributed by atoms with Crippen LogP contribution < -0.4 is 19.2 Å². The summed E-state index contributed by atoms with van der Waals surface area (Å²) in [7, 11) is 1.91. The SMILES string of the molecule is Cc1cc(-c2c(C(=O)O)c(C)n(C)c2-c2ccc(Cl)cc2)cc(N2CCN(c3ccc(NSc4ccc(NSc5ccccc5)c([N+](=O)[O-])c4)cc3)CC2)c1. The van der Waals surface area contributed by atoms with E-state index in [-0.39, 0.29) is 10.6 Å². The van der Waals surface area contributed by atoms with Crippen LogP contribution in [0.15, 0.2) is 125 Å². The Balaban J connectivity index is 1.01. The van der Waals surface area contributed by atoms with E-state index >= 15 is 0 Å². The first kappa shape index (κ1) is 37.7. The Morgan fingerprint density at radius 3 is 2.07 bits per heavy atom. The van der Waals surface area contributed by atoms with E-state index in [9.17, 15) is 20.0 Å². The van der Waals surface area contributed by atoms with Crippen molar-refractivity contribution in [3.05, 3.63) is 147 Å². The number of carbonyl (C=O) groups is 1. The monoisotopic (exact) mass is 790 g/mol. The first-order valence-corrected chi connectivity index (χ1v) is 19.7. The summed E-state index contributed by atoms with van der Waals surface area (Å²) in [5.74, 6) is -0.954. The molecule has 0 aliphatic carbocycles. The van der Waals surface area contributed by atoms with Crippen molar-refractivity contribution >= 4 is 69.9 Å². The van der Waals surface area contributed by atoms with Crippen LogP contribution in [0.25, 0.3) is 22.4 Å². The van der Waals surface area contributed by atoms with Gasteiger partial charge >= 0.3 is 5.97 Å². The van der Waals surface area contributed by atoms with Crippen molar-refractivity contribution in [1.82, 2.24) is 4.57 Å². The van der Waals surface area contributed by atoms with Crippen LogP contribution in [0, 0.1) is 24.0 Å². The standard InChI is InChI=1S/C42H39ClN6O4S2/c1-27-23-30(40-39(42(50)51)28(2)46(3)41(40)29-9-11-31(43)12-10-29)25-34(24-27)48-21-19-47(20-22-48)33-15-13-32(14-16-33)44-55-36-17-18-37(38(26-36)49(52)53)45-54-35-7-5-4-6-8-35/h4-18,23-26,44-45H,19-22H2,1-3H3,(H,50,51). The molecule has 0 saturated carbocycles. The molecule has 10 nitrogen and oxygen atoms in total. The van der Waals surface area contributed by atoms with Crippen LogP contribution in [0.2, 0.25) is 5.02 Å². The molecule has 55 heavy (non-hydrogen) atoms. The predicted molar refractivity (Wildman–Crippen MR) is 227 cm³/mol. The lowest BCUT2D eigenvalue weighted by molar-refractivity contribution is -0.384. The summed E-state index contributed by atoms with van der Waals surface area (Å²) in [4.78, 5) is 30.5. The molecule has 2 heterocycles. The molecule has 0 spiro atoms. The van der Waals surface area contributed by atoms with Crippen LogP contribution >= 0.6 is 35.5 Å². The lowest BCUT2D eigenvalue weighted by atomic mass is 9.95. The molecular weight excluding hydrogens is 752 g/mol. The van der Waals surface area contributed by atoms with Gasteiger partial charge in [-0.3, -0.25) is 10.1 Å². The van der Waals surface area contributed by atoms with Crippen molar-refractivity contribution in [2.24, 2.45) is 7.05 Å². The molecule has 1 aromatic heterocycles. The maximum Gasteiger partial charge on any atom is 0.338 e. The predicted octanol–water partition coefficient (Wildman–Crippen LogP) is 10.8. The molecular formula is C42H39ClN6O4S2. The Kier molecular flexibility index (Phi) is 11.3. The molecule has 0 radical (unpaired) electrons. The second-order valence-corrected chi connectivity index (χ2v) is 15.5. The second-order valence-electron chi connectivity index (χ2n) is 13.3. The number of nitro groups is 1. The number of carboxylic acid groups (broad SMARTS) is 1. The zero-order valence-corrected chi connectivity index (χ0v) is 32.8. The fourth-order valence-corrected chi connectivity index (χ4v) is 8.37. The van der Waals surface area contributed by atoms with Gasteiger partial charge in [0.25, 0.3) is 5.69 Å². The number of aryl methyl sites for hydroxylation is 1. The number of rotatable bonds is 12. The van der Waals surface area contributed by atoms with Gasteiger partial charge in [-0.2, -0.15) is 0 Å². The molecule has 0 bridgehead atoms. The van der Waals surface area contributed by atoms with Gasteiger partial charge in [-0.15, -0.1) is 0 Å². The highest BCUT2D eigenvalue weighted by Gasteiger charge is 2.27. The molecule has 5 aromatic carbocycles. The van der Waals surface area contributed by atoms with E-state index < -0.39 is 5.97 Å². The minimum atomic E-state index is -0.954. The first-order valence-electron chi connectivity index (χ1n) is 17.7. The third-order valence-electron chi connectivity index (χ3n) is 9.72. The molecule has 3 N–H and O–H groups in total. The van der Waals surface area contributed by atoms with Gasteiger partial charge in [0.15, 0.2) is 0 Å². The molecule has 1 saturated heterocycles. The number of hydrogen-bond acceptors (Lipinski definition) is 9. The van der Waals surface area contributed by atoms with Crippen LogP contribution in [0.4, 0.5) is 28.4 Å². The van der Waals surface area contributed by atoms with E-state index in [1.807, 2.05) is 91.3 Å².